The first-order valence-corrected chi connectivity index (χ1v) is 8.07. The molecule has 2 unspecified atom stereocenters. The topological polar surface area (TPSA) is 63.4 Å². The first-order valence-electron chi connectivity index (χ1n) is 8.07. The van der Waals surface area contributed by atoms with Gasteiger partial charge < -0.3 is 10.6 Å². The van der Waals surface area contributed by atoms with E-state index in [0.29, 0.717) is 12.1 Å². The van der Waals surface area contributed by atoms with Crippen molar-refractivity contribution in [2.24, 2.45) is 5.18 Å². The van der Waals surface area contributed by atoms with Crippen molar-refractivity contribution in [1.82, 2.24) is 10.6 Å². The molecule has 112 valence electrons. The summed E-state index contributed by atoms with van der Waals surface area (Å²) in [5, 5.41) is 9.92. The molecule has 19 heavy (non-hydrogen) atoms. The van der Waals surface area contributed by atoms with Crippen LogP contribution in [-0.4, -0.2) is 31.2 Å². The van der Waals surface area contributed by atoms with Crippen LogP contribution in [0.2, 0.25) is 0 Å². The SMILES string of the molecule is CCCCCCCC(C)NCCCC(N=O)[C@H]1CN1. The van der Waals surface area contributed by atoms with Crippen LogP contribution in [0, 0.1) is 4.91 Å². The van der Waals surface area contributed by atoms with Crippen molar-refractivity contribution in [1.29, 1.82) is 0 Å². The molecule has 0 aromatic carbocycles. The first-order chi connectivity index (χ1) is 9.27. The average Bonchev–Trinajstić information content (AvgIpc) is 3.23. The molecule has 1 aliphatic heterocycles. The van der Waals surface area contributed by atoms with E-state index in [-0.39, 0.29) is 6.04 Å². The minimum atomic E-state index is -0.00819. The van der Waals surface area contributed by atoms with Crippen LogP contribution in [0.4, 0.5) is 0 Å². The van der Waals surface area contributed by atoms with Gasteiger partial charge in [0.05, 0.1) is 0 Å². The maximum Gasteiger partial charge on any atom is 0.108 e. The fourth-order valence-electron chi connectivity index (χ4n) is 2.48. The number of nitroso groups, excluding NO2 is 1. The fourth-order valence-corrected chi connectivity index (χ4v) is 2.48. The third-order valence-corrected chi connectivity index (χ3v) is 3.95. The first kappa shape index (κ1) is 16.6. The molecule has 1 rings (SSSR count). The predicted octanol–water partition coefficient (Wildman–Crippen LogP) is 3.21. The smallest absolute Gasteiger partial charge is 0.108 e. The van der Waals surface area contributed by atoms with E-state index in [1.54, 1.807) is 0 Å². The fraction of sp³-hybridized carbons (Fsp3) is 1.00. The molecule has 1 heterocycles. The van der Waals surface area contributed by atoms with Gasteiger partial charge in [0, 0.05) is 18.6 Å². The van der Waals surface area contributed by atoms with Crippen LogP contribution in [0.5, 0.6) is 0 Å². The summed E-state index contributed by atoms with van der Waals surface area (Å²) in [6, 6.07) is 0.961. The Labute approximate surface area is 118 Å². The summed E-state index contributed by atoms with van der Waals surface area (Å²) < 4.78 is 0. The van der Waals surface area contributed by atoms with Crippen LogP contribution in [0.1, 0.15) is 65.2 Å². The zero-order valence-corrected chi connectivity index (χ0v) is 12.7. The molecule has 0 saturated carbocycles. The van der Waals surface area contributed by atoms with Crippen molar-refractivity contribution in [3.63, 3.8) is 0 Å². The summed E-state index contributed by atoms with van der Waals surface area (Å²) in [6.45, 7) is 6.49. The quantitative estimate of drug-likeness (QED) is 0.306. The second kappa shape index (κ2) is 10.3. The summed E-state index contributed by atoms with van der Waals surface area (Å²) in [4.78, 5) is 10.6. The third-order valence-electron chi connectivity index (χ3n) is 3.95. The van der Waals surface area contributed by atoms with Crippen LogP contribution < -0.4 is 10.6 Å². The van der Waals surface area contributed by atoms with Crippen LogP contribution in [0.15, 0.2) is 5.18 Å². The third kappa shape index (κ3) is 8.32. The van der Waals surface area contributed by atoms with Gasteiger partial charge in [0.25, 0.3) is 0 Å². The summed E-state index contributed by atoms with van der Waals surface area (Å²) in [5.41, 5.74) is 0. The van der Waals surface area contributed by atoms with Crippen LogP contribution in [0.25, 0.3) is 0 Å². The van der Waals surface area contributed by atoms with Crippen molar-refractivity contribution < 1.29 is 0 Å². The number of nitrogens with zero attached hydrogens (tertiary/aromatic N) is 1. The minimum Gasteiger partial charge on any atom is -0.314 e. The van der Waals surface area contributed by atoms with Crippen molar-refractivity contribution in [3.8, 4) is 0 Å². The summed E-state index contributed by atoms with van der Waals surface area (Å²) in [7, 11) is 0. The van der Waals surface area contributed by atoms with E-state index < -0.39 is 0 Å². The molecule has 3 atom stereocenters. The zero-order chi connectivity index (χ0) is 13.9. The lowest BCUT2D eigenvalue weighted by Gasteiger charge is -2.14. The lowest BCUT2D eigenvalue weighted by Crippen LogP contribution is -2.28. The van der Waals surface area contributed by atoms with Gasteiger partial charge in [0.2, 0.25) is 0 Å². The van der Waals surface area contributed by atoms with Gasteiger partial charge in [0.15, 0.2) is 0 Å². The highest BCUT2D eigenvalue weighted by Crippen LogP contribution is 2.13. The lowest BCUT2D eigenvalue weighted by atomic mass is 10.1. The molecule has 1 saturated heterocycles. The normalized spacial score (nSPS) is 21.1. The van der Waals surface area contributed by atoms with Gasteiger partial charge in [-0.15, -0.1) is 0 Å². The molecule has 1 fully saturated rings. The molecule has 0 aliphatic carbocycles. The summed E-state index contributed by atoms with van der Waals surface area (Å²) in [5.74, 6) is 0. The molecule has 4 heteroatoms. The molecule has 0 bridgehead atoms. The lowest BCUT2D eigenvalue weighted by molar-refractivity contribution is 0.460. The van der Waals surface area contributed by atoms with Gasteiger partial charge in [-0.3, -0.25) is 0 Å². The van der Waals surface area contributed by atoms with Crippen LogP contribution in [0.3, 0.4) is 0 Å². The van der Waals surface area contributed by atoms with Gasteiger partial charge in [-0.05, 0) is 32.7 Å². The Hall–Kier alpha value is -0.480. The number of nitrogens with one attached hydrogen (secondary N) is 2. The monoisotopic (exact) mass is 269 g/mol. The molecule has 4 nitrogen and oxygen atoms in total. The van der Waals surface area contributed by atoms with Gasteiger partial charge in [-0.2, -0.15) is 4.91 Å². The average molecular weight is 269 g/mol. The van der Waals surface area contributed by atoms with Crippen LogP contribution in [-0.2, 0) is 0 Å². The van der Waals surface area contributed by atoms with Gasteiger partial charge in [0.1, 0.15) is 6.04 Å². The number of rotatable bonds is 13. The molecule has 0 amide bonds. The number of hydrogen-bond donors (Lipinski definition) is 2. The van der Waals surface area contributed by atoms with Gasteiger partial charge in [-0.25, -0.2) is 0 Å². The highest BCUT2D eigenvalue weighted by Gasteiger charge is 2.30. The Balaban J connectivity index is 1.88. The van der Waals surface area contributed by atoms with E-state index in [0.717, 1.165) is 25.9 Å². The second-order valence-electron chi connectivity index (χ2n) is 5.89. The molecule has 0 spiro atoms. The predicted molar refractivity (Wildman–Crippen MR) is 81.4 cm³/mol. The van der Waals surface area contributed by atoms with Crippen molar-refractivity contribution in [2.45, 2.75) is 83.3 Å². The Bertz CT molecular complexity index is 231. The maximum absolute atomic E-state index is 10.6. The van der Waals surface area contributed by atoms with E-state index in [2.05, 4.69) is 29.7 Å². The van der Waals surface area contributed by atoms with E-state index in [1.807, 2.05) is 0 Å². The number of hydrogen-bond acceptors (Lipinski definition) is 4. The standard InChI is InChI=1S/C15H31N3O/c1-3-4-5-6-7-9-13(2)16-11-8-10-14(18-19)15-12-17-15/h13-17H,3-12H2,1-2H3/t13?,14?,15-/m1/s1. The van der Waals surface area contributed by atoms with Gasteiger partial charge in [-0.1, -0.05) is 44.2 Å². The van der Waals surface area contributed by atoms with E-state index >= 15 is 0 Å². The molecule has 0 aromatic heterocycles. The largest absolute Gasteiger partial charge is 0.314 e. The molecular weight excluding hydrogens is 238 g/mol. The maximum atomic E-state index is 10.6. The summed E-state index contributed by atoms with van der Waals surface area (Å²) in [6.07, 6.45) is 10.00. The van der Waals surface area contributed by atoms with Gasteiger partial charge >= 0.3 is 0 Å². The van der Waals surface area contributed by atoms with Crippen molar-refractivity contribution in [2.75, 3.05) is 13.1 Å². The zero-order valence-electron chi connectivity index (χ0n) is 12.7. The minimum absolute atomic E-state index is 0.00819. The molecule has 1 aliphatic rings. The molecule has 0 aromatic rings. The molecule has 0 radical (unpaired) electrons. The Morgan fingerprint density at radius 1 is 1.21 bits per heavy atom. The molecular formula is C15H31N3O. The Kier molecular flexibility index (Phi) is 9.01. The van der Waals surface area contributed by atoms with E-state index in [9.17, 15) is 4.91 Å². The highest BCUT2D eigenvalue weighted by molar-refractivity contribution is 4.94. The van der Waals surface area contributed by atoms with E-state index in [1.165, 1.54) is 38.5 Å². The van der Waals surface area contributed by atoms with Crippen molar-refractivity contribution in [3.05, 3.63) is 4.91 Å². The summed E-state index contributed by atoms with van der Waals surface area (Å²) >= 11 is 0. The Morgan fingerprint density at radius 3 is 2.58 bits per heavy atom. The van der Waals surface area contributed by atoms with Crippen molar-refractivity contribution >= 4 is 0 Å². The molecule has 2 N–H and O–H groups in total. The Morgan fingerprint density at radius 2 is 1.95 bits per heavy atom. The highest BCUT2D eigenvalue weighted by atomic mass is 16.3. The van der Waals surface area contributed by atoms with Crippen LogP contribution >= 0.6 is 0 Å². The second-order valence-corrected chi connectivity index (χ2v) is 5.89. The van der Waals surface area contributed by atoms with E-state index in [4.69, 9.17) is 0 Å². The number of unbranched alkanes of at least 4 members (excludes halogenated alkanes) is 4.